The molecule has 0 radical (unpaired) electrons. The third-order valence-electron chi connectivity index (χ3n) is 1.91. The average Bonchev–Trinajstić information content (AvgIpc) is 2.22. The van der Waals surface area contributed by atoms with Crippen molar-refractivity contribution in [1.29, 1.82) is 0 Å². The lowest BCUT2D eigenvalue weighted by Gasteiger charge is -2.00. The van der Waals surface area contributed by atoms with Crippen LogP contribution in [0.3, 0.4) is 0 Å². The minimum atomic E-state index is -0.135. The van der Waals surface area contributed by atoms with Gasteiger partial charge in [-0.1, -0.05) is 0 Å². The van der Waals surface area contributed by atoms with E-state index < -0.39 is 0 Å². The molecule has 0 saturated heterocycles. The summed E-state index contributed by atoms with van der Waals surface area (Å²) in [5.41, 5.74) is 1.63. The van der Waals surface area contributed by atoms with Gasteiger partial charge in [0.1, 0.15) is 5.69 Å². The second kappa shape index (κ2) is 4.09. The van der Waals surface area contributed by atoms with E-state index in [1.807, 2.05) is 41.6 Å². The number of hydrogen-bond acceptors (Lipinski definition) is 3. The molecule has 0 aliphatic carbocycles. The van der Waals surface area contributed by atoms with Crippen molar-refractivity contribution in [3.8, 4) is 11.5 Å². The minimum Gasteiger partial charge on any atom is -0.304 e. The Hall–Kier alpha value is -1.24. The number of halogens is 1. The zero-order valence-corrected chi connectivity index (χ0v) is 10.1. The molecule has 15 heavy (non-hydrogen) atoms. The van der Waals surface area contributed by atoms with E-state index in [9.17, 15) is 4.79 Å². The normalized spacial score (nSPS) is 10.3. The molecule has 2 heterocycles. The molecule has 0 amide bonds. The fourth-order valence-corrected chi connectivity index (χ4v) is 1.45. The largest absolute Gasteiger partial charge is 0.304 e. The Kier molecular flexibility index (Phi) is 2.81. The van der Waals surface area contributed by atoms with Gasteiger partial charge in [0.2, 0.25) is 0 Å². The summed E-state index contributed by atoms with van der Waals surface area (Å²) in [4.78, 5) is 22.3. The molecular formula is C10H8IN3O. The summed E-state index contributed by atoms with van der Waals surface area (Å²) in [6.45, 7) is 1.97. The third kappa shape index (κ3) is 2.23. The molecule has 5 heteroatoms. The van der Waals surface area contributed by atoms with Crippen LogP contribution in [0.4, 0.5) is 0 Å². The van der Waals surface area contributed by atoms with Crippen LogP contribution < -0.4 is 5.56 Å². The molecule has 4 nitrogen and oxygen atoms in total. The first-order valence-electron chi connectivity index (χ1n) is 4.34. The van der Waals surface area contributed by atoms with Crippen LogP contribution in [0.2, 0.25) is 0 Å². The Balaban J connectivity index is 2.55. The van der Waals surface area contributed by atoms with Crippen molar-refractivity contribution in [2.75, 3.05) is 0 Å². The van der Waals surface area contributed by atoms with Gasteiger partial charge in [0, 0.05) is 12.4 Å². The molecule has 0 aromatic carbocycles. The number of pyridine rings is 1. The first-order valence-corrected chi connectivity index (χ1v) is 5.42. The summed E-state index contributed by atoms with van der Waals surface area (Å²) in [7, 11) is 0. The Labute approximate surface area is 99.9 Å². The molecule has 1 N–H and O–H groups in total. The van der Waals surface area contributed by atoms with E-state index in [0.29, 0.717) is 15.1 Å². The number of aryl methyl sites for hydroxylation is 1. The second-order valence-electron chi connectivity index (χ2n) is 3.13. The maximum Gasteiger partial charge on any atom is 0.264 e. The van der Waals surface area contributed by atoms with Crippen LogP contribution in [0.15, 0.2) is 29.3 Å². The van der Waals surface area contributed by atoms with Crippen LogP contribution in [0.5, 0.6) is 0 Å². The number of aromatic amines is 1. The van der Waals surface area contributed by atoms with Gasteiger partial charge < -0.3 is 4.98 Å². The van der Waals surface area contributed by atoms with Crippen molar-refractivity contribution in [2.45, 2.75) is 6.92 Å². The van der Waals surface area contributed by atoms with E-state index in [-0.39, 0.29) is 5.56 Å². The predicted molar refractivity (Wildman–Crippen MR) is 65.5 cm³/mol. The Morgan fingerprint density at radius 3 is 2.87 bits per heavy atom. The van der Waals surface area contributed by atoms with Crippen LogP contribution in [0.25, 0.3) is 11.5 Å². The first kappa shape index (κ1) is 10.3. The molecule has 2 rings (SSSR count). The maximum absolute atomic E-state index is 11.4. The van der Waals surface area contributed by atoms with Gasteiger partial charge in [-0.15, -0.1) is 0 Å². The summed E-state index contributed by atoms with van der Waals surface area (Å²) >= 11 is 1.94. The van der Waals surface area contributed by atoms with E-state index in [0.717, 1.165) is 5.56 Å². The standard InChI is InChI=1S/C10H8IN3O/c1-6-2-3-12-8(4-6)9-13-5-7(11)10(15)14-9/h2-5H,1H3,(H,13,14,15). The van der Waals surface area contributed by atoms with Crippen LogP contribution in [0.1, 0.15) is 5.56 Å². The fraction of sp³-hybridized carbons (Fsp3) is 0.100. The molecule has 0 fully saturated rings. The number of nitrogens with one attached hydrogen (secondary N) is 1. The highest BCUT2D eigenvalue weighted by Crippen LogP contribution is 2.11. The molecule has 0 unspecified atom stereocenters. The molecular weight excluding hydrogens is 305 g/mol. The third-order valence-corrected chi connectivity index (χ3v) is 2.68. The summed E-state index contributed by atoms with van der Waals surface area (Å²) < 4.78 is 0.573. The Morgan fingerprint density at radius 2 is 2.20 bits per heavy atom. The number of hydrogen-bond donors (Lipinski definition) is 1. The molecule has 76 valence electrons. The van der Waals surface area contributed by atoms with E-state index >= 15 is 0 Å². The number of aromatic nitrogens is 3. The van der Waals surface area contributed by atoms with Crippen LogP contribution >= 0.6 is 22.6 Å². The SMILES string of the molecule is Cc1ccnc(-c2ncc(I)c(=O)[nH]2)c1. The fourth-order valence-electron chi connectivity index (χ4n) is 1.18. The van der Waals surface area contributed by atoms with Crippen molar-refractivity contribution in [3.63, 3.8) is 0 Å². The molecule has 2 aromatic rings. The maximum atomic E-state index is 11.4. The van der Waals surface area contributed by atoms with Crippen molar-refractivity contribution >= 4 is 22.6 Å². The second-order valence-corrected chi connectivity index (χ2v) is 4.29. The smallest absolute Gasteiger partial charge is 0.264 e. The van der Waals surface area contributed by atoms with Gasteiger partial charge in [0.05, 0.1) is 3.57 Å². The van der Waals surface area contributed by atoms with Gasteiger partial charge in [0.25, 0.3) is 5.56 Å². The topological polar surface area (TPSA) is 58.6 Å². The van der Waals surface area contributed by atoms with E-state index in [4.69, 9.17) is 0 Å². The van der Waals surface area contributed by atoms with Gasteiger partial charge in [-0.25, -0.2) is 4.98 Å². The zero-order chi connectivity index (χ0) is 10.8. The molecule has 2 aromatic heterocycles. The van der Waals surface area contributed by atoms with Crippen molar-refractivity contribution in [2.24, 2.45) is 0 Å². The van der Waals surface area contributed by atoms with Crippen molar-refractivity contribution in [3.05, 3.63) is 44.0 Å². The number of nitrogens with zero attached hydrogens (tertiary/aromatic N) is 2. The lowest BCUT2D eigenvalue weighted by atomic mass is 10.2. The van der Waals surface area contributed by atoms with E-state index in [2.05, 4.69) is 15.0 Å². The average molecular weight is 313 g/mol. The molecule has 0 aliphatic heterocycles. The highest BCUT2D eigenvalue weighted by Gasteiger charge is 2.03. The highest BCUT2D eigenvalue weighted by molar-refractivity contribution is 14.1. The number of rotatable bonds is 1. The minimum absolute atomic E-state index is 0.135. The van der Waals surface area contributed by atoms with Crippen LogP contribution in [0, 0.1) is 10.5 Å². The summed E-state index contributed by atoms with van der Waals surface area (Å²) in [6.07, 6.45) is 3.24. The Morgan fingerprint density at radius 1 is 1.40 bits per heavy atom. The quantitative estimate of drug-likeness (QED) is 0.816. The van der Waals surface area contributed by atoms with Crippen molar-refractivity contribution < 1.29 is 0 Å². The molecule has 0 bridgehead atoms. The predicted octanol–water partition coefficient (Wildman–Crippen LogP) is 1.74. The summed E-state index contributed by atoms with van der Waals surface area (Å²) in [6, 6.07) is 3.78. The van der Waals surface area contributed by atoms with Gasteiger partial charge in [-0.3, -0.25) is 9.78 Å². The summed E-state index contributed by atoms with van der Waals surface area (Å²) in [5.74, 6) is 0.504. The molecule has 0 spiro atoms. The van der Waals surface area contributed by atoms with Crippen molar-refractivity contribution in [1.82, 2.24) is 15.0 Å². The Bertz CT molecular complexity index is 550. The van der Waals surface area contributed by atoms with Gasteiger partial charge in [-0.2, -0.15) is 0 Å². The van der Waals surface area contributed by atoms with Gasteiger partial charge >= 0.3 is 0 Å². The van der Waals surface area contributed by atoms with E-state index in [1.54, 1.807) is 12.4 Å². The lowest BCUT2D eigenvalue weighted by Crippen LogP contribution is -2.11. The monoisotopic (exact) mass is 313 g/mol. The molecule has 0 saturated carbocycles. The van der Waals surface area contributed by atoms with Crippen LogP contribution in [-0.2, 0) is 0 Å². The lowest BCUT2D eigenvalue weighted by molar-refractivity contribution is 1.08. The highest BCUT2D eigenvalue weighted by atomic mass is 127. The van der Waals surface area contributed by atoms with E-state index in [1.165, 1.54) is 0 Å². The summed E-state index contributed by atoms with van der Waals surface area (Å²) in [5, 5.41) is 0. The first-order chi connectivity index (χ1) is 7.16. The molecule has 0 aliphatic rings. The van der Waals surface area contributed by atoms with Gasteiger partial charge in [-0.05, 0) is 47.2 Å². The van der Waals surface area contributed by atoms with Gasteiger partial charge in [0.15, 0.2) is 5.82 Å². The molecule has 0 atom stereocenters. The van der Waals surface area contributed by atoms with Crippen LogP contribution in [-0.4, -0.2) is 15.0 Å². The zero-order valence-electron chi connectivity index (χ0n) is 7.99. The number of H-pyrrole nitrogens is 1.